The van der Waals surface area contributed by atoms with Crippen LogP contribution in [-0.2, 0) is 19.6 Å². The van der Waals surface area contributed by atoms with Gasteiger partial charge in [0.2, 0.25) is 15.9 Å². The summed E-state index contributed by atoms with van der Waals surface area (Å²) in [5.74, 6) is -0.548. The number of carbonyl (C=O) groups is 2. The Labute approximate surface area is 215 Å². The highest BCUT2D eigenvalue weighted by molar-refractivity contribution is 7.89. The van der Waals surface area contributed by atoms with Gasteiger partial charge in [0.25, 0.3) is 5.91 Å². The summed E-state index contributed by atoms with van der Waals surface area (Å²) < 4.78 is 28.9. The molecule has 0 aliphatic rings. The summed E-state index contributed by atoms with van der Waals surface area (Å²) in [6.07, 6.45) is 1.41. The molecule has 0 saturated heterocycles. The molecule has 1 atom stereocenters. The molecule has 2 aromatic carbocycles. The Kier molecular flexibility index (Phi) is 10.5. The Balaban J connectivity index is 2.58. The number of benzene rings is 2. The SMILES string of the molecule is CC(=O)N(CCC(C)C)c1ccc2ccc(S(=O)(=O)N(CCC(C)C)C(C(=O)NO)C(C)C)cc2c1. The van der Waals surface area contributed by atoms with Gasteiger partial charge in [0, 0.05) is 25.7 Å². The second-order valence-electron chi connectivity index (χ2n) is 10.5. The standard InChI is InChI=1S/C27H41N3O5S/c1-18(2)12-14-29(21(7)31)24-10-8-22-9-11-25(17-23(22)16-24)36(34,35)30(15-13-19(3)4)26(20(5)6)27(32)28-33/h8-11,16-20,26,33H,12-15H2,1-7H3,(H,28,32). The molecular weight excluding hydrogens is 478 g/mol. The summed E-state index contributed by atoms with van der Waals surface area (Å²) in [5.41, 5.74) is 2.35. The Hall–Kier alpha value is -2.49. The van der Waals surface area contributed by atoms with Crippen LogP contribution in [0.4, 0.5) is 5.69 Å². The van der Waals surface area contributed by atoms with Crippen LogP contribution in [0.25, 0.3) is 10.8 Å². The Morgan fingerprint density at radius 1 is 0.889 bits per heavy atom. The van der Waals surface area contributed by atoms with Crippen LogP contribution in [0.2, 0.25) is 0 Å². The number of nitrogens with zero attached hydrogens (tertiary/aromatic N) is 2. The van der Waals surface area contributed by atoms with Crippen molar-refractivity contribution in [2.75, 3.05) is 18.0 Å². The molecule has 9 heteroatoms. The largest absolute Gasteiger partial charge is 0.313 e. The van der Waals surface area contributed by atoms with E-state index >= 15 is 0 Å². The number of carbonyl (C=O) groups excluding carboxylic acids is 2. The van der Waals surface area contributed by atoms with Crippen LogP contribution in [0.5, 0.6) is 0 Å². The normalized spacial score (nSPS) is 13.1. The van der Waals surface area contributed by atoms with E-state index in [1.54, 1.807) is 36.4 Å². The number of rotatable bonds is 12. The molecule has 0 radical (unpaired) electrons. The highest BCUT2D eigenvalue weighted by Crippen LogP contribution is 2.29. The third kappa shape index (κ3) is 7.27. The Morgan fingerprint density at radius 2 is 1.47 bits per heavy atom. The van der Waals surface area contributed by atoms with Crippen molar-refractivity contribution in [2.24, 2.45) is 17.8 Å². The van der Waals surface area contributed by atoms with E-state index in [1.807, 2.05) is 32.0 Å². The smallest absolute Gasteiger partial charge is 0.262 e. The molecule has 0 aromatic heterocycles. The number of nitrogens with one attached hydrogen (secondary N) is 1. The molecule has 0 aliphatic heterocycles. The fourth-order valence-electron chi connectivity index (χ4n) is 4.16. The van der Waals surface area contributed by atoms with Crippen LogP contribution in [0, 0.1) is 17.8 Å². The molecule has 1 unspecified atom stereocenters. The van der Waals surface area contributed by atoms with E-state index in [2.05, 4.69) is 13.8 Å². The summed E-state index contributed by atoms with van der Waals surface area (Å²) >= 11 is 0. The second-order valence-corrected chi connectivity index (χ2v) is 12.4. The van der Waals surface area contributed by atoms with Crippen molar-refractivity contribution in [3.8, 4) is 0 Å². The number of fused-ring (bicyclic) bond motifs is 1. The predicted octanol–water partition coefficient (Wildman–Crippen LogP) is 4.81. The van der Waals surface area contributed by atoms with Gasteiger partial charge in [-0.25, -0.2) is 13.9 Å². The van der Waals surface area contributed by atoms with Crippen LogP contribution >= 0.6 is 0 Å². The fourth-order valence-corrected chi connectivity index (χ4v) is 5.93. The fraction of sp³-hybridized carbons (Fsp3) is 0.556. The van der Waals surface area contributed by atoms with E-state index in [4.69, 9.17) is 0 Å². The average Bonchev–Trinajstić information content (AvgIpc) is 2.79. The number of hydrogen-bond donors (Lipinski definition) is 2. The maximum Gasteiger partial charge on any atom is 0.262 e. The minimum absolute atomic E-state index is 0.0591. The molecule has 2 amide bonds. The third-order valence-corrected chi connectivity index (χ3v) is 8.15. The highest BCUT2D eigenvalue weighted by atomic mass is 32.2. The lowest BCUT2D eigenvalue weighted by Gasteiger charge is -2.32. The zero-order valence-corrected chi connectivity index (χ0v) is 23.3. The van der Waals surface area contributed by atoms with E-state index in [-0.39, 0.29) is 29.2 Å². The van der Waals surface area contributed by atoms with Crippen molar-refractivity contribution < 1.29 is 23.2 Å². The zero-order valence-electron chi connectivity index (χ0n) is 22.5. The monoisotopic (exact) mass is 519 g/mol. The van der Waals surface area contributed by atoms with Crippen molar-refractivity contribution >= 4 is 38.3 Å². The molecule has 2 aromatic rings. The van der Waals surface area contributed by atoms with Crippen LogP contribution in [0.15, 0.2) is 41.3 Å². The van der Waals surface area contributed by atoms with Crippen LogP contribution in [0.1, 0.15) is 61.3 Å². The number of hydroxylamine groups is 1. The van der Waals surface area contributed by atoms with Gasteiger partial charge in [-0.15, -0.1) is 0 Å². The second kappa shape index (κ2) is 12.7. The first-order valence-electron chi connectivity index (χ1n) is 12.6. The van der Waals surface area contributed by atoms with Crippen LogP contribution in [0.3, 0.4) is 0 Å². The molecule has 0 fully saturated rings. The number of anilines is 1. The molecule has 0 aliphatic carbocycles. The van der Waals surface area contributed by atoms with Crippen LogP contribution < -0.4 is 10.4 Å². The van der Waals surface area contributed by atoms with E-state index in [0.717, 1.165) is 11.8 Å². The first kappa shape index (κ1) is 29.7. The molecule has 0 spiro atoms. The molecule has 2 rings (SSSR count). The third-order valence-electron chi connectivity index (χ3n) is 6.27. The van der Waals surface area contributed by atoms with Gasteiger partial charge in [-0.3, -0.25) is 14.8 Å². The van der Waals surface area contributed by atoms with Gasteiger partial charge in [0.05, 0.1) is 4.90 Å². The molecule has 0 bridgehead atoms. The van der Waals surface area contributed by atoms with Crippen molar-refractivity contribution in [1.82, 2.24) is 9.79 Å². The summed E-state index contributed by atoms with van der Waals surface area (Å²) in [6, 6.07) is 9.36. The van der Waals surface area contributed by atoms with Crippen molar-refractivity contribution in [3.05, 3.63) is 36.4 Å². The van der Waals surface area contributed by atoms with Crippen LogP contribution in [-0.4, -0.2) is 48.9 Å². The van der Waals surface area contributed by atoms with E-state index < -0.39 is 22.0 Å². The number of amides is 2. The summed E-state index contributed by atoms with van der Waals surface area (Å²) in [5, 5.41) is 10.8. The van der Waals surface area contributed by atoms with Gasteiger partial charge in [0.15, 0.2) is 0 Å². The Bertz CT molecular complexity index is 1160. The van der Waals surface area contributed by atoms with Gasteiger partial charge >= 0.3 is 0 Å². The zero-order chi connectivity index (χ0) is 27.2. The lowest BCUT2D eigenvalue weighted by atomic mass is 10.0. The first-order valence-corrected chi connectivity index (χ1v) is 14.0. The Morgan fingerprint density at radius 3 is 2.00 bits per heavy atom. The molecular formula is C27H41N3O5S. The van der Waals surface area contributed by atoms with Crippen molar-refractivity contribution in [2.45, 2.75) is 72.2 Å². The van der Waals surface area contributed by atoms with Crippen molar-refractivity contribution in [3.63, 3.8) is 0 Å². The average molecular weight is 520 g/mol. The maximum atomic E-state index is 13.9. The molecule has 8 nitrogen and oxygen atoms in total. The summed E-state index contributed by atoms with van der Waals surface area (Å²) in [7, 11) is -4.08. The summed E-state index contributed by atoms with van der Waals surface area (Å²) in [6.45, 7) is 13.9. The van der Waals surface area contributed by atoms with E-state index in [0.29, 0.717) is 30.0 Å². The molecule has 0 heterocycles. The van der Waals surface area contributed by atoms with Gasteiger partial charge in [-0.2, -0.15) is 4.31 Å². The van der Waals surface area contributed by atoms with Gasteiger partial charge < -0.3 is 4.90 Å². The highest BCUT2D eigenvalue weighted by Gasteiger charge is 2.37. The number of hydrogen-bond acceptors (Lipinski definition) is 5. The van der Waals surface area contributed by atoms with Crippen molar-refractivity contribution in [1.29, 1.82) is 0 Å². The number of sulfonamides is 1. The lowest BCUT2D eigenvalue weighted by Crippen LogP contribution is -2.52. The summed E-state index contributed by atoms with van der Waals surface area (Å²) in [4.78, 5) is 26.6. The molecule has 0 saturated carbocycles. The lowest BCUT2D eigenvalue weighted by molar-refractivity contribution is -0.134. The van der Waals surface area contributed by atoms with E-state index in [9.17, 15) is 23.2 Å². The van der Waals surface area contributed by atoms with Gasteiger partial charge in [0.1, 0.15) is 6.04 Å². The molecule has 2 N–H and O–H groups in total. The minimum atomic E-state index is -4.08. The maximum absolute atomic E-state index is 13.9. The van der Waals surface area contributed by atoms with E-state index in [1.165, 1.54) is 17.3 Å². The predicted molar refractivity (Wildman–Crippen MR) is 143 cm³/mol. The van der Waals surface area contributed by atoms with Gasteiger partial charge in [-0.1, -0.05) is 53.7 Å². The molecule has 36 heavy (non-hydrogen) atoms. The van der Waals surface area contributed by atoms with Gasteiger partial charge in [-0.05, 0) is 65.6 Å². The first-order chi connectivity index (χ1) is 16.8. The quantitative estimate of drug-likeness (QED) is 0.309. The topological polar surface area (TPSA) is 107 Å². The molecule has 200 valence electrons. The minimum Gasteiger partial charge on any atom is -0.313 e.